The maximum Gasteiger partial charge on any atom is 0.252 e. The summed E-state index contributed by atoms with van der Waals surface area (Å²) >= 11 is 0. The molecule has 0 amide bonds. The molecule has 1 N–H and O–H groups in total. The molecule has 1 saturated carbocycles. The Hall–Kier alpha value is -1.49. The van der Waals surface area contributed by atoms with E-state index in [2.05, 4.69) is 4.98 Å². The van der Waals surface area contributed by atoms with Crippen molar-refractivity contribution in [1.29, 1.82) is 0 Å². The molecule has 0 spiro atoms. The number of aromatic nitrogens is 2. The zero-order chi connectivity index (χ0) is 14.7. The standard InChI is InChI=1S/C15H18F2N2O/c1-9-18-12-5-4-10(14(2,3)20)6-13(12)19(9)11-7-15(16,17)8-11/h4-6,11,20H,7-8H2,1-3H3. The Balaban J connectivity index is 2.09. The number of aliphatic hydroxyl groups is 1. The van der Waals surface area contributed by atoms with Crippen LogP contribution in [0.25, 0.3) is 11.0 Å². The van der Waals surface area contributed by atoms with Crippen LogP contribution in [0.15, 0.2) is 18.2 Å². The molecule has 20 heavy (non-hydrogen) atoms. The van der Waals surface area contributed by atoms with Crippen molar-refractivity contribution in [3.8, 4) is 0 Å². The smallest absolute Gasteiger partial charge is 0.252 e. The number of alkyl halides is 2. The Morgan fingerprint density at radius 2 is 2.00 bits per heavy atom. The number of hydrogen-bond donors (Lipinski definition) is 1. The Kier molecular flexibility index (Phi) is 2.70. The lowest BCUT2D eigenvalue weighted by molar-refractivity contribution is -0.103. The van der Waals surface area contributed by atoms with E-state index in [0.29, 0.717) is 0 Å². The number of aryl methyl sites for hydroxylation is 1. The summed E-state index contributed by atoms with van der Waals surface area (Å²) in [7, 11) is 0. The molecule has 3 rings (SSSR count). The Morgan fingerprint density at radius 3 is 2.55 bits per heavy atom. The summed E-state index contributed by atoms with van der Waals surface area (Å²) in [4.78, 5) is 4.42. The summed E-state index contributed by atoms with van der Waals surface area (Å²) in [6.07, 6.45) is -0.266. The Labute approximate surface area is 116 Å². The summed E-state index contributed by atoms with van der Waals surface area (Å²) in [6.45, 7) is 5.25. The largest absolute Gasteiger partial charge is 0.386 e. The number of hydrogen-bond acceptors (Lipinski definition) is 2. The van der Waals surface area contributed by atoms with Gasteiger partial charge in [-0.15, -0.1) is 0 Å². The monoisotopic (exact) mass is 280 g/mol. The van der Waals surface area contributed by atoms with Crippen molar-refractivity contribution >= 4 is 11.0 Å². The molecule has 1 aromatic carbocycles. The molecule has 0 aliphatic heterocycles. The first kappa shape index (κ1) is 13.5. The normalized spacial score (nSPS) is 19.3. The highest BCUT2D eigenvalue weighted by atomic mass is 19.3. The predicted octanol–water partition coefficient (Wildman–Crippen LogP) is 3.54. The van der Waals surface area contributed by atoms with E-state index >= 15 is 0 Å². The van der Waals surface area contributed by atoms with Crippen molar-refractivity contribution in [1.82, 2.24) is 9.55 Å². The molecule has 1 fully saturated rings. The minimum absolute atomic E-state index is 0.133. The van der Waals surface area contributed by atoms with Gasteiger partial charge in [0.05, 0.1) is 16.6 Å². The van der Waals surface area contributed by atoms with E-state index in [0.717, 1.165) is 22.4 Å². The summed E-state index contributed by atoms with van der Waals surface area (Å²) < 4.78 is 28.1. The van der Waals surface area contributed by atoms with Crippen LogP contribution in [0.5, 0.6) is 0 Å². The van der Waals surface area contributed by atoms with Gasteiger partial charge in [0.1, 0.15) is 5.82 Å². The number of nitrogens with zero attached hydrogens (tertiary/aromatic N) is 2. The molecule has 3 nitrogen and oxygen atoms in total. The minimum Gasteiger partial charge on any atom is -0.386 e. The molecule has 1 heterocycles. The quantitative estimate of drug-likeness (QED) is 0.913. The second-order valence-corrected chi connectivity index (χ2v) is 6.21. The SMILES string of the molecule is Cc1nc2ccc(C(C)(C)O)cc2n1C1CC(F)(F)C1. The van der Waals surface area contributed by atoms with Gasteiger partial charge in [0.2, 0.25) is 0 Å². The van der Waals surface area contributed by atoms with Crippen LogP contribution >= 0.6 is 0 Å². The maximum atomic E-state index is 13.1. The van der Waals surface area contributed by atoms with Crippen molar-refractivity contribution in [2.75, 3.05) is 0 Å². The zero-order valence-corrected chi connectivity index (χ0v) is 11.8. The number of rotatable bonds is 2. The lowest BCUT2D eigenvalue weighted by Gasteiger charge is -2.36. The maximum absolute atomic E-state index is 13.1. The molecule has 2 aromatic rings. The summed E-state index contributed by atoms with van der Waals surface area (Å²) in [5, 5.41) is 10.1. The molecule has 0 saturated heterocycles. The fourth-order valence-electron chi connectivity index (χ4n) is 2.87. The fourth-order valence-corrected chi connectivity index (χ4v) is 2.87. The first-order valence-corrected chi connectivity index (χ1v) is 6.77. The van der Waals surface area contributed by atoms with Gasteiger partial charge in [-0.3, -0.25) is 0 Å². The van der Waals surface area contributed by atoms with Gasteiger partial charge in [-0.05, 0) is 38.5 Å². The number of imidazole rings is 1. The third-order valence-electron chi connectivity index (χ3n) is 4.01. The number of benzene rings is 1. The zero-order valence-electron chi connectivity index (χ0n) is 11.8. The van der Waals surface area contributed by atoms with E-state index in [-0.39, 0.29) is 18.9 Å². The van der Waals surface area contributed by atoms with Crippen LogP contribution in [0.1, 0.15) is 44.1 Å². The van der Waals surface area contributed by atoms with Crippen molar-refractivity contribution in [2.45, 2.75) is 51.2 Å². The van der Waals surface area contributed by atoms with E-state index < -0.39 is 11.5 Å². The van der Waals surface area contributed by atoms with Gasteiger partial charge in [-0.2, -0.15) is 0 Å². The minimum atomic E-state index is -2.55. The average molecular weight is 280 g/mol. The molecule has 1 aliphatic carbocycles. The van der Waals surface area contributed by atoms with Crippen LogP contribution in [-0.2, 0) is 5.60 Å². The molecule has 0 radical (unpaired) electrons. The van der Waals surface area contributed by atoms with E-state index in [9.17, 15) is 13.9 Å². The molecule has 5 heteroatoms. The molecular weight excluding hydrogens is 262 g/mol. The van der Waals surface area contributed by atoms with Crippen molar-refractivity contribution < 1.29 is 13.9 Å². The van der Waals surface area contributed by atoms with Crippen LogP contribution < -0.4 is 0 Å². The van der Waals surface area contributed by atoms with Gasteiger partial charge in [0.15, 0.2) is 0 Å². The second kappa shape index (κ2) is 4.01. The van der Waals surface area contributed by atoms with Gasteiger partial charge in [-0.1, -0.05) is 6.07 Å². The molecule has 1 aliphatic rings. The molecule has 0 unspecified atom stereocenters. The average Bonchev–Trinajstić information content (AvgIpc) is 2.59. The molecule has 0 atom stereocenters. The highest BCUT2D eigenvalue weighted by molar-refractivity contribution is 5.77. The topological polar surface area (TPSA) is 38.1 Å². The Bertz CT molecular complexity index is 662. The van der Waals surface area contributed by atoms with E-state index in [4.69, 9.17) is 0 Å². The molecular formula is C15H18F2N2O. The van der Waals surface area contributed by atoms with Crippen molar-refractivity contribution in [3.63, 3.8) is 0 Å². The van der Waals surface area contributed by atoms with Crippen molar-refractivity contribution in [3.05, 3.63) is 29.6 Å². The Morgan fingerprint density at radius 1 is 1.35 bits per heavy atom. The van der Waals surface area contributed by atoms with Crippen LogP contribution in [0.3, 0.4) is 0 Å². The number of halogens is 2. The van der Waals surface area contributed by atoms with E-state index in [1.807, 2.05) is 29.7 Å². The van der Waals surface area contributed by atoms with Gasteiger partial charge in [-0.25, -0.2) is 13.8 Å². The first-order valence-electron chi connectivity index (χ1n) is 6.77. The van der Waals surface area contributed by atoms with Gasteiger partial charge >= 0.3 is 0 Å². The lowest BCUT2D eigenvalue weighted by atomic mass is 9.87. The highest BCUT2D eigenvalue weighted by Gasteiger charge is 2.47. The second-order valence-electron chi connectivity index (χ2n) is 6.21. The number of fused-ring (bicyclic) bond motifs is 1. The summed E-state index contributed by atoms with van der Waals surface area (Å²) in [6, 6.07) is 5.32. The lowest BCUT2D eigenvalue weighted by Crippen LogP contribution is -2.37. The van der Waals surface area contributed by atoms with Crippen molar-refractivity contribution in [2.24, 2.45) is 0 Å². The third kappa shape index (κ3) is 2.10. The highest BCUT2D eigenvalue weighted by Crippen LogP contribution is 2.47. The molecule has 1 aromatic heterocycles. The first-order chi connectivity index (χ1) is 9.17. The van der Waals surface area contributed by atoms with Crippen LogP contribution in [0.4, 0.5) is 8.78 Å². The van der Waals surface area contributed by atoms with Crippen LogP contribution in [0, 0.1) is 6.92 Å². The third-order valence-corrected chi connectivity index (χ3v) is 4.01. The van der Waals surface area contributed by atoms with Crippen LogP contribution in [0.2, 0.25) is 0 Å². The van der Waals surface area contributed by atoms with Gasteiger partial charge < -0.3 is 9.67 Å². The molecule has 0 bridgehead atoms. The van der Waals surface area contributed by atoms with E-state index in [1.165, 1.54) is 0 Å². The van der Waals surface area contributed by atoms with Gasteiger partial charge in [0, 0.05) is 18.9 Å². The van der Waals surface area contributed by atoms with E-state index in [1.54, 1.807) is 13.8 Å². The fraction of sp³-hybridized carbons (Fsp3) is 0.533. The van der Waals surface area contributed by atoms with Gasteiger partial charge in [0.25, 0.3) is 5.92 Å². The summed E-state index contributed by atoms with van der Waals surface area (Å²) in [5.41, 5.74) is 1.41. The molecule has 108 valence electrons. The predicted molar refractivity (Wildman–Crippen MR) is 72.9 cm³/mol. The summed E-state index contributed by atoms with van der Waals surface area (Å²) in [5.74, 6) is -1.81. The van der Waals surface area contributed by atoms with Crippen LogP contribution in [-0.4, -0.2) is 20.6 Å².